The van der Waals surface area contributed by atoms with Crippen LogP contribution in [0.15, 0.2) is 78.0 Å². The Bertz CT molecular complexity index is 1430. The Morgan fingerprint density at radius 2 is 1.75 bits per heavy atom. The summed E-state index contributed by atoms with van der Waals surface area (Å²) >= 11 is 1.35. The molecule has 0 bridgehead atoms. The summed E-state index contributed by atoms with van der Waals surface area (Å²) in [7, 11) is 0. The Morgan fingerprint density at radius 3 is 2.53 bits per heavy atom. The van der Waals surface area contributed by atoms with Gasteiger partial charge < -0.3 is 5.32 Å². The van der Waals surface area contributed by atoms with Crippen LogP contribution in [0.1, 0.15) is 29.4 Å². The summed E-state index contributed by atoms with van der Waals surface area (Å²) in [5.74, 6) is 0.447. The van der Waals surface area contributed by atoms with Crippen LogP contribution < -0.4 is 10.2 Å². The maximum absolute atomic E-state index is 13.5. The molecule has 36 heavy (non-hydrogen) atoms. The second-order valence-corrected chi connectivity index (χ2v) is 10.2. The van der Waals surface area contributed by atoms with Crippen LogP contribution >= 0.6 is 11.8 Å². The number of thioether (sulfide) groups is 1. The van der Waals surface area contributed by atoms with E-state index < -0.39 is 5.25 Å². The van der Waals surface area contributed by atoms with Crippen molar-refractivity contribution in [2.24, 2.45) is 0 Å². The lowest BCUT2D eigenvalue weighted by Crippen LogP contribution is -2.45. The van der Waals surface area contributed by atoms with Crippen molar-refractivity contribution in [3.8, 4) is 5.69 Å². The molecule has 1 N–H and O–H groups in total. The van der Waals surface area contributed by atoms with E-state index in [1.165, 1.54) is 17.3 Å². The Labute approximate surface area is 214 Å². The highest BCUT2D eigenvalue weighted by molar-refractivity contribution is 8.00. The van der Waals surface area contributed by atoms with Crippen LogP contribution in [0.3, 0.4) is 0 Å². The first kappa shape index (κ1) is 23.8. The van der Waals surface area contributed by atoms with E-state index in [2.05, 4.69) is 59.7 Å². The van der Waals surface area contributed by atoms with E-state index in [-0.39, 0.29) is 18.4 Å². The molecule has 1 atom stereocenters. The van der Waals surface area contributed by atoms with Crippen molar-refractivity contribution in [1.82, 2.24) is 14.8 Å². The molecule has 1 unspecified atom stereocenters. The first-order valence-electron chi connectivity index (χ1n) is 11.8. The van der Waals surface area contributed by atoms with E-state index in [4.69, 9.17) is 0 Å². The SMILES string of the molecule is Cc1ccc(-n2c(Cc3ccccc3)nnc2SC(C)C(=O)N2CC(=O)Nc3ccccc32)c(C)c1. The van der Waals surface area contributed by atoms with E-state index in [9.17, 15) is 9.59 Å². The van der Waals surface area contributed by atoms with Gasteiger partial charge in [-0.3, -0.25) is 19.1 Å². The summed E-state index contributed by atoms with van der Waals surface area (Å²) in [6.07, 6.45) is 0.615. The molecule has 1 aliphatic rings. The van der Waals surface area contributed by atoms with E-state index in [1.54, 1.807) is 11.0 Å². The van der Waals surface area contributed by atoms with Gasteiger partial charge in [0.15, 0.2) is 5.16 Å². The number of carbonyl (C=O) groups is 2. The fraction of sp³-hybridized carbons (Fsp3) is 0.214. The van der Waals surface area contributed by atoms with Gasteiger partial charge in [-0.15, -0.1) is 10.2 Å². The van der Waals surface area contributed by atoms with Crippen LogP contribution in [0, 0.1) is 13.8 Å². The molecular weight excluding hydrogens is 470 g/mol. The van der Waals surface area contributed by atoms with Crippen molar-refractivity contribution in [2.45, 2.75) is 37.6 Å². The third kappa shape index (κ3) is 4.77. The van der Waals surface area contributed by atoms with E-state index in [0.29, 0.717) is 23.0 Å². The van der Waals surface area contributed by atoms with Gasteiger partial charge in [0.1, 0.15) is 12.4 Å². The molecular formula is C28H27N5O2S. The van der Waals surface area contributed by atoms with Gasteiger partial charge in [-0.05, 0) is 50.1 Å². The van der Waals surface area contributed by atoms with Gasteiger partial charge in [-0.2, -0.15) is 0 Å². The average molecular weight is 498 g/mol. The summed E-state index contributed by atoms with van der Waals surface area (Å²) in [6, 6.07) is 23.8. The molecule has 5 rings (SSSR count). The first-order valence-corrected chi connectivity index (χ1v) is 12.7. The monoisotopic (exact) mass is 497 g/mol. The van der Waals surface area contributed by atoms with Gasteiger partial charge in [0.2, 0.25) is 11.8 Å². The molecule has 8 heteroatoms. The number of aryl methyl sites for hydroxylation is 2. The summed E-state index contributed by atoms with van der Waals surface area (Å²) in [4.78, 5) is 27.4. The van der Waals surface area contributed by atoms with E-state index in [0.717, 1.165) is 22.6 Å². The van der Waals surface area contributed by atoms with Crippen molar-refractivity contribution >= 4 is 35.0 Å². The number of hydrogen-bond acceptors (Lipinski definition) is 5. The molecule has 3 aromatic carbocycles. The number of rotatable bonds is 6. The van der Waals surface area contributed by atoms with Crippen LogP contribution in [0.25, 0.3) is 5.69 Å². The van der Waals surface area contributed by atoms with Gasteiger partial charge in [0.05, 0.1) is 22.3 Å². The normalized spacial score (nSPS) is 13.8. The minimum atomic E-state index is -0.484. The van der Waals surface area contributed by atoms with Crippen molar-refractivity contribution in [3.05, 3.63) is 95.3 Å². The zero-order valence-corrected chi connectivity index (χ0v) is 21.2. The smallest absolute Gasteiger partial charge is 0.244 e. The number of carbonyl (C=O) groups excluding carboxylic acids is 2. The van der Waals surface area contributed by atoms with Crippen molar-refractivity contribution in [1.29, 1.82) is 0 Å². The Morgan fingerprint density at radius 1 is 1.00 bits per heavy atom. The van der Waals surface area contributed by atoms with Gasteiger partial charge in [0.25, 0.3) is 0 Å². The highest BCUT2D eigenvalue weighted by Gasteiger charge is 2.31. The number of nitrogens with one attached hydrogen (secondary N) is 1. The number of aromatic nitrogens is 3. The number of fused-ring (bicyclic) bond motifs is 1. The molecule has 0 saturated heterocycles. The quantitative estimate of drug-likeness (QED) is 0.382. The first-order chi connectivity index (χ1) is 17.4. The van der Waals surface area contributed by atoms with Gasteiger partial charge >= 0.3 is 0 Å². The molecule has 182 valence electrons. The molecule has 0 spiro atoms. The molecule has 0 aliphatic carbocycles. The fourth-order valence-electron chi connectivity index (χ4n) is 4.43. The zero-order valence-electron chi connectivity index (χ0n) is 20.4. The van der Waals surface area contributed by atoms with E-state index in [1.807, 2.05) is 47.9 Å². The number of benzene rings is 3. The predicted molar refractivity (Wildman–Crippen MR) is 143 cm³/mol. The summed E-state index contributed by atoms with van der Waals surface area (Å²) in [5.41, 5.74) is 5.74. The van der Waals surface area contributed by atoms with Crippen LogP contribution in [-0.2, 0) is 16.0 Å². The van der Waals surface area contributed by atoms with Crippen molar-refractivity contribution in [2.75, 3.05) is 16.8 Å². The number of hydrogen-bond donors (Lipinski definition) is 1. The lowest BCUT2D eigenvalue weighted by molar-refractivity contribution is -0.121. The van der Waals surface area contributed by atoms with Crippen molar-refractivity contribution in [3.63, 3.8) is 0 Å². The minimum absolute atomic E-state index is 0.0102. The number of anilines is 2. The molecule has 2 heterocycles. The molecule has 1 aliphatic heterocycles. The van der Waals surface area contributed by atoms with Gasteiger partial charge in [0, 0.05) is 6.42 Å². The average Bonchev–Trinajstić information content (AvgIpc) is 3.25. The Balaban J connectivity index is 1.48. The number of nitrogens with zero attached hydrogens (tertiary/aromatic N) is 4. The molecule has 0 saturated carbocycles. The third-order valence-electron chi connectivity index (χ3n) is 6.17. The summed E-state index contributed by atoms with van der Waals surface area (Å²) in [6.45, 7) is 5.97. The van der Waals surface area contributed by atoms with Crippen molar-refractivity contribution < 1.29 is 9.59 Å². The Kier molecular flexibility index (Phi) is 6.61. The van der Waals surface area contributed by atoms with Crippen LogP contribution in [0.5, 0.6) is 0 Å². The molecule has 4 aromatic rings. The zero-order chi connectivity index (χ0) is 25.2. The Hall–Kier alpha value is -3.91. The minimum Gasteiger partial charge on any atom is -0.323 e. The highest BCUT2D eigenvalue weighted by Crippen LogP contribution is 2.33. The fourth-order valence-corrected chi connectivity index (χ4v) is 5.37. The third-order valence-corrected chi connectivity index (χ3v) is 7.20. The maximum Gasteiger partial charge on any atom is 0.244 e. The summed E-state index contributed by atoms with van der Waals surface area (Å²) < 4.78 is 2.05. The molecule has 2 amide bonds. The second kappa shape index (κ2) is 9.99. The standard InChI is InChI=1S/C28H27N5O2S/c1-18-13-14-23(19(2)15-18)33-25(16-21-9-5-4-6-10-21)30-31-28(33)36-20(3)27(35)32-17-26(34)29-22-11-7-8-12-24(22)32/h4-15,20H,16-17H2,1-3H3,(H,29,34). The predicted octanol–water partition coefficient (Wildman–Crippen LogP) is 4.94. The largest absolute Gasteiger partial charge is 0.323 e. The van der Waals surface area contributed by atoms with Crippen LogP contribution in [-0.4, -0.2) is 38.4 Å². The van der Waals surface area contributed by atoms with Gasteiger partial charge in [-0.25, -0.2) is 0 Å². The maximum atomic E-state index is 13.5. The lowest BCUT2D eigenvalue weighted by Gasteiger charge is -2.30. The number of para-hydroxylation sites is 2. The lowest BCUT2D eigenvalue weighted by atomic mass is 10.1. The molecule has 0 fully saturated rings. The second-order valence-electron chi connectivity index (χ2n) is 8.94. The summed E-state index contributed by atoms with van der Waals surface area (Å²) in [5, 5.41) is 12.0. The topological polar surface area (TPSA) is 80.1 Å². The molecule has 0 radical (unpaired) electrons. The number of amides is 2. The van der Waals surface area contributed by atoms with Gasteiger partial charge in [-0.1, -0.05) is 71.9 Å². The highest BCUT2D eigenvalue weighted by atomic mass is 32.2. The molecule has 7 nitrogen and oxygen atoms in total. The van der Waals surface area contributed by atoms with Crippen LogP contribution in [0.4, 0.5) is 11.4 Å². The van der Waals surface area contributed by atoms with Crippen LogP contribution in [0.2, 0.25) is 0 Å². The molecule has 1 aromatic heterocycles. The van der Waals surface area contributed by atoms with E-state index >= 15 is 0 Å².